The Balaban J connectivity index is 1.83. The van der Waals surface area contributed by atoms with Gasteiger partial charge in [0.25, 0.3) is 5.91 Å². The number of fused-ring (bicyclic) bond motifs is 1. The van der Waals surface area contributed by atoms with Crippen molar-refractivity contribution in [2.75, 3.05) is 13.6 Å². The van der Waals surface area contributed by atoms with Crippen LogP contribution in [0, 0.1) is 0 Å². The first-order chi connectivity index (χ1) is 12.0. The van der Waals surface area contributed by atoms with Crippen molar-refractivity contribution in [3.63, 3.8) is 0 Å². The Hall–Kier alpha value is -1.99. The maximum absolute atomic E-state index is 12.4. The molecule has 0 bridgehead atoms. The molecule has 0 radical (unpaired) electrons. The maximum atomic E-state index is 12.4. The molecule has 0 aromatic heterocycles. The molecule has 2 aliphatic rings. The van der Waals surface area contributed by atoms with Crippen LogP contribution >= 0.6 is 23.4 Å². The van der Waals surface area contributed by atoms with Crippen molar-refractivity contribution in [2.24, 2.45) is 4.99 Å². The lowest BCUT2D eigenvalue weighted by molar-refractivity contribution is -0.126. The Labute approximate surface area is 155 Å². The van der Waals surface area contributed by atoms with Crippen LogP contribution in [0.25, 0.3) is 0 Å². The first kappa shape index (κ1) is 17.8. The van der Waals surface area contributed by atoms with Crippen molar-refractivity contribution in [2.45, 2.75) is 24.9 Å². The van der Waals surface area contributed by atoms with Gasteiger partial charge in [-0.1, -0.05) is 53.7 Å². The number of nitrogens with one attached hydrogen (secondary N) is 1. The Kier molecular flexibility index (Phi) is 5.34. The fourth-order valence-corrected chi connectivity index (χ4v) is 4.14. The number of carbonyl (C=O) groups is 2. The zero-order chi connectivity index (χ0) is 18.0. The van der Waals surface area contributed by atoms with Gasteiger partial charge in [0, 0.05) is 24.4 Å². The second kappa shape index (κ2) is 7.49. The molecule has 25 heavy (non-hydrogen) atoms. The van der Waals surface area contributed by atoms with E-state index in [-0.39, 0.29) is 5.91 Å². The quantitative estimate of drug-likeness (QED) is 0.818. The van der Waals surface area contributed by atoms with Gasteiger partial charge in [0.1, 0.15) is 0 Å². The molecule has 3 amide bonds. The molecular formula is C17H19ClN4O2S. The number of imide groups is 1. The summed E-state index contributed by atoms with van der Waals surface area (Å²) < 4.78 is 0. The van der Waals surface area contributed by atoms with E-state index in [1.54, 1.807) is 7.05 Å². The van der Waals surface area contributed by atoms with Gasteiger partial charge in [0.2, 0.25) is 0 Å². The van der Waals surface area contributed by atoms with Gasteiger partial charge in [0.05, 0.1) is 0 Å². The molecule has 132 valence electrons. The molecule has 0 spiro atoms. The Morgan fingerprint density at radius 1 is 1.36 bits per heavy atom. The van der Waals surface area contributed by atoms with Gasteiger partial charge in [-0.2, -0.15) is 0 Å². The van der Waals surface area contributed by atoms with Crippen LogP contribution in [0.3, 0.4) is 0 Å². The highest BCUT2D eigenvalue weighted by Crippen LogP contribution is 2.31. The van der Waals surface area contributed by atoms with Gasteiger partial charge in [0.15, 0.2) is 17.4 Å². The highest BCUT2D eigenvalue weighted by Gasteiger charge is 2.48. The highest BCUT2D eigenvalue weighted by atomic mass is 35.5. The van der Waals surface area contributed by atoms with Crippen molar-refractivity contribution in [3.8, 4) is 0 Å². The molecule has 2 atom stereocenters. The first-order valence-corrected chi connectivity index (χ1v) is 9.28. The summed E-state index contributed by atoms with van der Waals surface area (Å²) in [6.07, 6.45) is 3.40. The summed E-state index contributed by atoms with van der Waals surface area (Å²) in [4.78, 5) is 32.3. The fraction of sp³-hybridized carbons (Fsp3) is 0.353. The van der Waals surface area contributed by atoms with Crippen LogP contribution in [0.2, 0.25) is 5.02 Å². The number of aliphatic imine (C=N–C) groups is 1. The number of benzene rings is 1. The largest absolute Gasteiger partial charge is 0.332 e. The third kappa shape index (κ3) is 3.52. The van der Waals surface area contributed by atoms with Crippen LogP contribution in [-0.2, 0) is 10.5 Å². The second-order valence-electron chi connectivity index (χ2n) is 5.78. The zero-order valence-corrected chi connectivity index (χ0v) is 15.5. The minimum Gasteiger partial charge on any atom is -0.332 e. The number of halogens is 1. The van der Waals surface area contributed by atoms with Gasteiger partial charge in [-0.15, -0.1) is 0 Å². The molecule has 1 fully saturated rings. The Morgan fingerprint density at radius 2 is 2.12 bits per heavy atom. The number of amides is 3. The summed E-state index contributed by atoms with van der Waals surface area (Å²) in [6.45, 7) is 2.49. The number of allylic oxidation sites excluding steroid dienone is 1. The summed E-state index contributed by atoms with van der Waals surface area (Å²) in [5, 5.41) is 3.83. The number of hydrogen-bond donors (Lipinski definition) is 1. The highest BCUT2D eigenvalue weighted by molar-refractivity contribution is 8.13. The molecule has 1 N–H and O–H groups in total. The number of likely N-dealkylation sites (N-methyl/N-ethyl adjacent to an activating group) is 1. The minimum atomic E-state index is -0.507. The molecular weight excluding hydrogens is 360 g/mol. The lowest BCUT2D eigenvalue weighted by Crippen LogP contribution is -2.63. The number of hydrogen-bond acceptors (Lipinski definition) is 5. The molecule has 2 aliphatic heterocycles. The third-order valence-electron chi connectivity index (χ3n) is 4.17. The summed E-state index contributed by atoms with van der Waals surface area (Å²) in [7, 11) is 1.65. The molecule has 1 saturated heterocycles. The van der Waals surface area contributed by atoms with Crippen LogP contribution < -0.4 is 5.32 Å². The van der Waals surface area contributed by atoms with Crippen molar-refractivity contribution in [1.82, 2.24) is 15.1 Å². The van der Waals surface area contributed by atoms with E-state index >= 15 is 0 Å². The molecule has 2 unspecified atom stereocenters. The van der Waals surface area contributed by atoms with Crippen molar-refractivity contribution < 1.29 is 9.59 Å². The van der Waals surface area contributed by atoms with Gasteiger partial charge >= 0.3 is 6.03 Å². The van der Waals surface area contributed by atoms with E-state index in [9.17, 15) is 9.59 Å². The van der Waals surface area contributed by atoms with Crippen LogP contribution in [0.1, 0.15) is 12.5 Å². The summed E-state index contributed by atoms with van der Waals surface area (Å²) in [5.41, 5.74) is 1.01. The standard InChI is InChI=1S/C17H19ClN4O2S/c1-3-4-9-22-13-14(21(2)16(24)20-15(13)23)19-17(22)25-10-11-7-5-6-8-12(11)18/h3-8,13-14H,9-10H2,1-2H3,(H,20,23,24)/b4-3+. The molecule has 3 rings (SSSR count). The topological polar surface area (TPSA) is 65.0 Å². The predicted octanol–water partition coefficient (Wildman–Crippen LogP) is 2.70. The van der Waals surface area contributed by atoms with E-state index in [0.717, 1.165) is 10.7 Å². The molecule has 8 heteroatoms. The monoisotopic (exact) mass is 378 g/mol. The van der Waals surface area contributed by atoms with Crippen molar-refractivity contribution in [3.05, 3.63) is 47.0 Å². The van der Waals surface area contributed by atoms with Crippen molar-refractivity contribution >= 4 is 40.5 Å². The number of rotatable bonds is 4. The van der Waals surface area contributed by atoms with E-state index in [4.69, 9.17) is 11.6 Å². The number of thioether (sulfide) groups is 1. The van der Waals surface area contributed by atoms with Crippen LogP contribution in [0.4, 0.5) is 4.79 Å². The second-order valence-corrected chi connectivity index (χ2v) is 7.13. The average Bonchev–Trinajstić information content (AvgIpc) is 2.96. The molecule has 2 heterocycles. The summed E-state index contributed by atoms with van der Waals surface area (Å²) in [6, 6.07) is 6.73. The van der Waals surface area contributed by atoms with E-state index in [1.165, 1.54) is 16.7 Å². The molecule has 0 saturated carbocycles. The number of nitrogens with zero attached hydrogens (tertiary/aromatic N) is 3. The lowest BCUT2D eigenvalue weighted by atomic mass is 10.1. The number of amidine groups is 1. The van der Waals surface area contributed by atoms with E-state index in [2.05, 4.69) is 10.3 Å². The molecule has 6 nitrogen and oxygen atoms in total. The fourth-order valence-electron chi connectivity index (χ4n) is 2.79. The summed E-state index contributed by atoms with van der Waals surface area (Å²) >= 11 is 7.74. The van der Waals surface area contributed by atoms with E-state index < -0.39 is 18.2 Å². The van der Waals surface area contributed by atoms with E-state index in [1.807, 2.05) is 48.2 Å². The van der Waals surface area contributed by atoms with Gasteiger partial charge < -0.3 is 9.80 Å². The normalized spacial score (nSPS) is 23.1. The number of carbonyl (C=O) groups excluding carboxylic acids is 2. The van der Waals surface area contributed by atoms with Crippen LogP contribution in [0.5, 0.6) is 0 Å². The maximum Gasteiger partial charge on any atom is 0.325 e. The zero-order valence-electron chi connectivity index (χ0n) is 14.0. The summed E-state index contributed by atoms with van der Waals surface area (Å²) in [5.74, 6) is 0.332. The Bertz CT molecular complexity index is 752. The van der Waals surface area contributed by atoms with Gasteiger partial charge in [-0.05, 0) is 18.6 Å². The van der Waals surface area contributed by atoms with E-state index in [0.29, 0.717) is 17.3 Å². The van der Waals surface area contributed by atoms with Gasteiger partial charge in [-0.3, -0.25) is 10.1 Å². The van der Waals surface area contributed by atoms with Crippen molar-refractivity contribution in [1.29, 1.82) is 0 Å². The van der Waals surface area contributed by atoms with Gasteiger partial charge in [-0.25, -0.2) is 9.79 Å². The SMILES string of the molecule is C/C=C/CN1C(SCc2ccccc2Cl)=NC2C1C(=O)NC(=O)N2C. The minimum absolute atomic E-state index is 0.310. The predicted molar refractivity (Wildman–Crippen MR) is 101 cm³/mol. The van der Waals surface area contributed by atoms with Crippen LogP contribution in [-0.4, -0.2) is 52.7 Å². The lowest BCUT2D eigenvalue weighted by Gasteiger charge is -2.35. The average molecular weight is 379 g/mol. The molecule has 1 aromatic carbocycles. The third-order valence-corrected chi connectivity index (χ3v) is 5.60. The smallest absolute Gasteiger partial charge is 0.325 e. The van der Waals surface area contributed by atoms with Crippen LogP contribution in [0.15, 0.2) is 41.4 Å². The molecule has 1 aromatic rings. The Morgan fingerprint density at radius 3 is 2.84 bits per heavy atom. The number of urea groups is 1. The molecule has 0 aliphatic carbocycles. The first-order valence-electron chi connectivity index (χ1n) is 7.92.